The SMILES string of the molecule is COC(=O)c1ccc(OC(F)(F)F)c(Br)n1. The molecular formula is C8H5BrF3NO3. The van der Waals surface area contributed by atoms with Crippen LogP contribution in [0.15, 0.2) is 16.7 Å². The molecule has 0 aliphatic carbocycles. The lowest BCUT2D eigenvalue weighted by molar-refractivity contribution is -0.275. The highest BCUT2D eigenvalue weighted by atomic mass is 79.9. The van der Waals surface area contributed by atoms with Crippen molar-refractivity contribution in [3.8, 4) is 5.75 Å². The Morgan fingerprint density at radius 1 is 1.44 bits per heavy atom. The molecule has 1 rings (SSSR count). The minimum absolute atomic E-state index is 0.121. The largest absolute Gasteiger partial charge is 0.573 e. The molecule has 1 heterocycles. The summed E-state index contributed by atoms with van der Waals surface area (Å²) in [6.07, 6.45) is -4.81. The first kappa shape index (κ1) is 12.8. The maximum Gasteiger partial charge on any atom is 0.573 e. The van der Waals surface area contributed by atoms with Gasteiger partial charge < -0.3 is 9.47 Å². The molecule has 0 aromatic carbocycles. The van der Waals surface area contributed by atoms with E-state index >= 15 is 0 Å². The number of alkyl halides is 3. The van der Waals surface area contributed by atoms with Gasteiger partial charge in [0.2, 0.25) is 0 Å². The molecular weight excluding hydrogens is 295 g/mol. The summed E-state index contributed by atoms with van der Waals surface area (Å²) in [6, 6.07) is 2.04. The Morgan fingerprint density at radius 2 is 2.06 bits per heavy atom. The van der Waals surface area contributed by atoms with Crippen LogP contribution in [0.25, 0.3) is 0 Å². The molecule has 1 aromatic heterocycles. The summed E-state index contributed by atoms with van der Waals surface area (Å²) in [6.45, 7) is 0. The van der Waals surface area contributed by atoms with Crippen LogP contribution in [0.1, 0.15) is 10.5 Å². The van der Waals surface area contributed by atoms with Crippen molar-refractivity contribution in [2.75, 3.05) is 7.11 Å². The number of aromatic nitrogens is 1. The molecule has 0 saturated carbocycles. The van der Waals surface area contributed by atoms with Gasteiger partial charge in [-0.1, -0.05) is 0 Å². The van der Waals surface area contributed by atoms with Crippen LogP contribution in [-0.4, -0.2) is 24.4 Å². The monoisotopic (exact) mass is 299 g/mol. The number of nitrogens with zero attached hydrogens (tertiary/aromatic N) is 1. The van der Waals surface area contributed by atoms with Crippen LogP contribution in [0.4, 0.5) is 13.2 Å². The van der Waals surface area contributed by atoms with E-state index in [1.54, 1.807) is 0 Å². The summed E-state index contributed by atoms with van der Waals surface area (Å²) in [5, 5.41) is 0. The Labute approximate surface area is 96.5 Å². The third kappa shape index (κ3) is 3.37. The fourth-order valence-electron chi connectivity index (χ4n) is 0.841. The predicted octanol–water partition coefficient (Wildman–Crippen LogP) is 2.53. The number of carbonyl (C=O) groups is 1. The molecule has 0 fully saturated rings. The summed E-state index contributed by atoms with van der Waals surface area (Å²) in [7, 11) is 1.14. The van der Waals surface area contributed by atoms with E-state index in [9.17, 15) is 18.0 Å². The van der Waals surface area contributed by atoms with Crippen LogP contribution in [0.3, 0.4) is 0 Å². The third-order valence-electron chi connectivity index (χ3n) is 1.43. The van der Waals surface area contributed by atoms with Gasteiger partial charge in [0.1, 0.15) is 10.3 Å². The highest BCUT2D eigenvalue weighted by Crippen LogP contribution is 2.28. The summed E-state index contributed by atoms with van der Waals surface area (Å²) >= 11 is 2.75. The second-order valence-corrected chi connectivity index (χ2v) is 3.28. The van der Waals surface area contributed by atoms with E-state index in [1.807, 2.05) is 0 Å². The normalized spacial score (nSPS) is 11.1. The smallest absolute Gasteiger partial charge is 0.464 e. The van der Waals surface area contributed by atoms with Crippen molar-refractivity contribution in [3.05, 3.63) is 22.4 Å². The minimum Gasteiger partial charge on any atom is -0.464 e. The number of ether oxygens (including phenoxy) is 2. The number of rotatable bonds is 2. The summed E-state index contributed by atoms with van der Waals surface area (Å²) in [5.41, 5.74) is -0.121. The third-order valence-corrected chi connectivity index (χ3v) is 2.00. The predicted molar refractivity (Wildman–Crippen MR) is 50.0 cm³/mol. The van der Waals surface area contributed by atoms with Gasteiger partial charge in [-0.25, -0.2) is 9.78 Å². The molecule has 4 nitrogen and oxygen atoms in total. The van der Waals surface area contributed by atoms with E-state index < -0.39 is 18.1 Å². The second kappa shape index (κ2) is 4.69. The van der Waals surface area contributed by atoms with Crippen molar-refractivity contribution in [2.45, 2.75) is 6.36 Å². The number of pyridine rings is 1. The number of esters is 1. The van der Waals surface area contributed by atoms with Gasteiger partial charge in [-0.05, 0) is 28.1 Å². The molecule has 0 N–H and O–H groups in total. The van der Waals surface area contributed by atoms with Crippen LogP contribution in [0.5, 0.6) is 5.75 Å². The van der Waals surface area contributed by atoms with Crippen LogP contribution >= 0.6 is 15.9 Å². The van der Waals surface area contributed by atoms with Gasteiger partial charge in [-0.3, -0.25) is 0 Å². The number of halogens is 4. The molecule has 0 saturated heterocycles. The Bertz CT molecular complexity index is 408. The molecule has 0 spiro atoms. The number of hydrogen-bond donors (Lipinski definition) is 0. The quantitative estimate of drug-likeness (QED) is 0.622. The van der Waals surface area contributed by atoms with Gasteiger partial charge in [-0.2, -0.15) is 0 Å². The van der Waals surface area contributed by atoms with Gasteiger partial charge in [-0.15, -0.1) is 13.2 Å². The number of carbonyl (C=O) groups excluding carboxylic acids is 1. The zero-order valence-electron chi connectivity index (χ0n) is 7.84. The molecule has 88 valence electrons. The molecule has 0 amide bonds. The molecule has 0 aliphatic heterocycles. The maximum atomic E-state index is 11.9. The summed E-state index contributed by atoms with van der Waals surface area (Å²) in [4.78, 5) is 14.5. The molecule has 0 aliphatic rings. The van der Waals surface area contributed by atoms with Crippen LogP contribution in [0, 0.1) is 0 Å². The Kier molecular flexibility index (Phi) is 3.74. The van der Waals surface area contributed by atoms with E-state index in [1.165, 1.54) is 0 Å². The van der Waals surface area contributed by atoms with Crippen molar-refractivity contribution >= 4 is 21.9 Å². The Balaban J connectivity index is 2.96. The first-order valence-corrected chi connectivity index (χ1v) is 4.63. The molecule has 0 atom stereocenters. The first-order chi connectivity index (χ1) is 7.33. The number of hydrogen-bond acceptors (Lipinski definition) is 4. The standard InChI is InChI=1S/C8H5BrF3NO3/c1-15-7(14)4-2-3-5(6(9)13-4)16-8(10,11)12/h2-3H,1H3. The second-order valence-electron chi connectivity index (χ2n) is 2.52. The minimum atomic E-state index is -4.81. The molecule has 0 bridgehead atoms. The molecule has 0 radical (unpaired) electrons. The van der Waals surface area contributed by atoms with Gasteiger partial charge in [0.15, 0.2) is 5.75 Å². The fraction of sp³-hybridized carbons (Fsp3) is 0.250. The van der Waals surface area contributed by atoms with Crippen molar-refractivity contribution in [1.82, 2.24) is 4.98 Å². The first-order valence-electron chi connectivity index (χ1n) is 3.84. The highest BCUT2D eigenvalue weighted by molar-refractivity contribution is 9.10. The van der Waals surface area contributed by atoms with Gasteiger partial charge in [0.25, 0.3) is 0 Å². The Hall–Kier alpha value is -1.31. The van der Waals surface area contributed by atoms with E-state index in [0.29, 0.717) is 0 Å². The van der Waals surface area contributed by atoms with Crippen molar-refractivity contribution in [3.63, 3.8) is 0 Å². The lowest BCUT2D eigenvalue weighted by atomic mass is 10.3. The zero-order chi connectivity index (χ0) is 12.3. The molecule has 1 aromatic rings. The topological polar surface area (TPSA) is 48.4 Å². The number of methoxy groups -OCH3 is 1. The van der Waals surface area contributed by atoms with Crippen molar-refractivity contribution in [2.24, 2.45) is 0 Å². The summed E-state index contributed by atoms with van der Waals surface area (Å²) in [5.74, 6) is -1.28. The van der Waals surface area contributed by atoms with Crippen LogP contribution < -0.4 is 4.74 Å². The fourth-order valence-corrected chi connectivity index (χ4v) is 1.24. The van der Waals surface area contributed by atoms with Gasteiger partial charge in [0, 0.05) is 0 Å². The van der Waals surface area contributed by atoms with E-state index in [2.05, 4.69) is 30.4 Å². The zero-order valence-corrected chi connectivity index (χ0v) is 9.42. The maximum absolute atomic E-state index is 11.9. The van der Waals surface area contributed by atoms with Crippen molar-refractivity contribution in [1.29, 1.82) is 0 Å². The van der Waals surface area contributed by atoms with Crippen LogP contribution in [0.2, 0.25) is 0 Å². The Morgan fingerprint density at radius 3 is 2.50 bits per heavy atom. The average molecular weight is 300 g/mol. The van der Waals surface area contributed by atoms with E-state index in [-0.39, 0.29) is 10.3 Å². The molecule has 8 heteroatoms. The van der Waals surface area contributed by atoms with Gasteiger partial charge >= 0.3 is 12.3 Å². The van der Waals surface area contributed by atoms with Gasteiger partial charge in [0.05, 0.1) is 7.11 Å². The van der Waals surface area contributed by atoms with Crippen molar-refractivity contribution < 1.29 is 27.4 Å². The highest BCUT2D eigenvalue weighted by Gasteiger charge is 2.32. The van der Waals surface area contributed by atoms with E-state index in [4.69, 9.17) is 0 Å². The average Bonchev–Trinajstić information content (AvgIpc) is 2.18. The lowest BCUT2D eigenvalue weighted by Crippen LogP contribution is -2.18. The summed E-state index contributed by atoms with van der Waals surface area (Å²) < 4.78 is 43.4. The van der Waals surface area contributed by atoms with E-state index in [0.717, 1.165) is 19.2 Å². The molecule has 0 unspecified atom stereocenters. The molecule has 16 heavy (non-hydrogen) atoms. The lowest BCUT2D eigenvalue weighted by Gasteiger charge is -2.10. The van der Waals surface area contributed by atoms with Crippen LogP contribution in [-0.2, 0) is 4.74 Å².